The monoisotopic (exact) mass is 476 g/mol. The molecule has 2 aromatic rings. The SMILES string of the molecule is CC(C)(OC(=O)O/C(=C\c1cnc(Cc2ccc(F)cc2)cn1)C(=O)O)C(Cl)(Cl)Cl. The number of halogens is 4. The maximum absolute atomic E-state index is 13.0. The van der Waals surface area contributed by atoms with Gasteiger partial charge in [-0.2, -0.15) is 0 Å². The van der Waals surface area contributed by atoms with Gasteiger partial charge in [0.05, 0.1) is 17.6 Å². The normalized spacial score (nSPS) is 12.4. The average Bonchev–Trinajstić information content (AvgIpc) is 2.63. The summed E-state index contributed by atoms with van der Waals surface area (Å²) in [6.07, 6.45) is 2.72. The van der Waals surface area contributed by atoms with Crippen molar-refractivity contribution in [1.29, 1.82) is 0 Å². The summed E-state index contributed by atoms with van der Waals surface area (Å²) in [5.41, 5.74) is -0.0767. The fourth-order valence-electron chi connectivity index (χ4n) is 1.99. The summed E-state index contributed by atoms with van der Waals surface area (Å²) in [5.74, 6) is -2.65. The van der Waals surface area contributed by atoms with E-state index in [4.69, 9.17) is 44.3 Å². The minimum Gasteiger partial charge on any atom is -0.475 e. The molecule has 30 heavy (non-hydrogen) atoms. The molecule has 0 spiro atoms. The molecule has 0 fully saturated rings. The van der Waals surface area contributed by atoms with Gasteiger partial charge < -0.3 is 14.6 Å². The van der Waals surface area contributed by atoms with E-state index in [2.05, 4.69) is 9.97 Å². The van der Waals surface area contributed by atoms with Gasteiger partial charge in [0, 0.05) is 18.7 Å². The Bertz CT molecular complexity index is 942. The van der Waals surface area contributed by atoms with Crippen LogP contribution in [0.2, 0.25) is 0 Å². The first-order chi connectivity index (χ1) is 13.9. The molecular formula is C19H16Cl3FN2O5. The number of nitrogens with zero attached hydrogens (tertiary/aromatic N) is 2. The third-order valence-corrected chi connectivity index (χ3v) is 5.09. The van der Waals surface area contributed by atoms with Crippen LogP contribution in [0, 0.1) is 5.82 Å². The van der Waals surface area contributed by atoms with E-state index in [9.17, 15) is 19.1 Å². The van der Waals surface area contributed by atoms with Crippen LogP contribution in [-0.2, 0) is 20.7 Å². The van der Waals surface area contributed by atoms with Gasteiger partial charge in [-0.15, -0.1) is 0 Å². The molecule has 0 aliphatic heterocycles. The van der Waals surface area contributed by atoms with Crippen molar-refractivity contribution < 1.29 is 28.6 Å². The van der Waals surface area contributed by atoms with Crippen molar-refractivity contribution in [3.63, 3.8) is 0 Å². The summed E-state index contributed by atoms with van der Waals surface area (Å²) >= 11 is 17.1. The number of hydrogen-bond donors (Lipinski definition) is 1. The van der Waals surface area contributed by atoms with E-state index in [1.54, 1.807) is 12.1 Å². The molecule has 1 N–H and O–H groups in total. The van der Waals surface area contributed by atoms with Gasteiger partial charge in [-0.1, -0.05) is 46.9 Å². The zero-order chi connectivity index (χ0) is 22.5. The molecule has 1 aromatic carbocycles. The predicted molar refractivity (Wildman–Crippen MR) is 109 cm³/mol. The number of aromatic nitrogens is 2. The number of hydrogen-bond acceptors (Lipinski definition) is 6. The van der Waals surface area contributed by atoms with Gasteiger partial charge in [0.25, 0.3) is 0 Å². The third-order valence-electron chi connectivity index (χ3n) is 3.73. The molecule has 0 saturated heterocycles. The van der Waals surface area contributed by atoms with Crippen molar-refractivity contribution >= 4 is 53.0 Å². The first-order valence-corrected chi connectivity index (χ1v) is 9.48. The Morgan fingerprint density at radius 2 is 1.77 bits per heavy atom. The average molecular weight is 478 g/mol. The highest BCUT2D eigenvalue weighted by atomic mass is 35.6. The largest absolute Gasteiger partial charge is 0.514 e. The van der Waals surface area contributed by atoms with Crippen LogP contribution >= 0.6 is 34.8 Å². The summed E-state index contributed by atoms with van der Waals surface area (Å²) in [6, 6.07) is 5.90. The molecule has 1 aromatic heterocycles. The lowest BCUT2D eigenvalue weighted by atomic mass is 10.1. The standard InChI is InChI=1S/C19H16Cl3FN2O5/c1-18(2,19(20,21)22)30-17(28)29-15(16(26)27)8-14-10-24-13(9-25-14)7-11-3-5-12(23)6-4-11/h3-6,8-10H,7H2,1-2H3,(H,26,27)/b15-8-. The molecule has 0 atom stereocenters. The van der Waals surface area contributed by atoms with Crippen LogP contribution in [0.3, 0.4) is 0 Å². The van der Waals surface area contributed by atoms with E-state index in [1.165, 1.54) is 38.4 Å². The number of aliphatic carboxylic acids is 1. The Balaban J connectivity index is 2.10. The van der Waals surface area contributed by atoms with E-state index in [0.29, 0.717) is 12.1 Å². The van der Waals surface area contributed by atoms with Gasteiger partial charge in [0.15, 0.2) is 5.60 Å². The molecule has 0 saturated carbocycles. The van der Waals surface area contributed by atoms with Gasteiger partial charge >= 0.3 is 12.1 Å². The second-order valence-electron chi connectivity index (χ2n) is 6.51. The summed E-state index contributed by atoms with van der Waals surface area (Å²) in [4.78, 5) is 31.5. The lowest BCUT2D eigenvalue weighted by Crippen LogP contribution is -2.41. The molecule has 0 unspecified atom stereocenters. The number of carboxylic acid groups (broad SMARTS) is 1. The lowest BCUT2D eigenvalue weighted by Gasteiger charge is -2.31. The van der Waals surface area contributed by atoms with Crippen molar-refractivity contribution in [3.05, 3.63) is 65.2 Å². The molecular weight excluding hydrogens is 462 g/mol. The van der Waals surface area contributed by atoms with Crippen molar-refractivity contribution in [2.24, 2.45) is 0 Å². The van der Waals surface area contributed by atoms with Crippen molar-refractivity contribution in [3.8, 4) is 0 Å². The van der Waals surface area contributed by atoms with E-state index in [0.717, 1.165) is 11.6 Å². The summed E-state index contributed by atoms with van der Waals surface area (Å²) in [6.45, 7) is 2.63. The van der Waals surface area contributed by atoms with Crippen molar-refractivity contribution in [2.45, 2.75) is 29.7 Å². The number of rotatable bonds is 6. The second kappa shape index (κ2) is 9.59. The molecule has 1 heterocycles. The third kappa shape index (κ3) is 6.83. The van der Waals surface area contributed by atoms with Crippen LogP contribution in [0.1, 0.15) is 30.8 Å². The Kier molecular flexibility index (Phi) is 7.63. The molecule has 0 bridgehead atoms. The maximum Gasteiger partial charge on any atom is 0.514 e. The van der Waals surface area contributed by atoms with E-state index in [-0.39, 0.29) is 11.5 Å². The molecule has 0 amide bonds. The summed E-state index contributed by atoms with van der Waals surface area (Å²) in [5, 5.41) is 9.26. The van der Waals surface area contributed by atoms with Crippen molar-refractivity contribution in [2.75, 3.05) is 0 Å². The van der Waals surface area contributed by atoms with Crippen LogP contribution in [0.25, 0.3) is 6.08 Å². The number of benzene rings is 1. The predicted octanol–water partition coefficient (Wildman–Crippen LogP) is 4.93. The van der Waals surface area contributed by atoms with Gasteiger partial charge in [-0.3, -0.25) is 9.97 Å². The molecule has 0 radical (unpaired) electrons. The summed E-state index contributed by atoms with van der Waals surface area (Å²) in [7, 11) is 0. The van der Waals surface area contributed by atoms with Gasteiger partial charge in [-0.25, -0.2) is 14.0 Å². The minimum absolute atomic E-state index is 0.115. The Morgan fingerprint density at radius 1 is 1.13 bits per heavy atom. The Labute approximate surface area is 186 Å². The lowest BCUT2D eigenvalue weighted by molar-refractivity contribution is -0.136. The maximum atomic E-state index is 13.0. The zero-order valence-electron chi connectivity index (χ0n) is 15.7. The number of carbonyl (C=O) groups is 2. The smallest absolute Gasteiger partial charge is 0.475 e. The minimum atomic E-state index is -1.97. The first kappa shape index (κ1) is 23.9. The topological polar surface area (TPSA) is 98.6 Å². The van der Waals surface area contributed by atoms with Crippen LogP contribution in [0.4, 0.5) is 9.18 Å². The number of carboxylic acids is 1. The molecule has 0 aliphatic carbocycles. The molecule has 11 heteroatoms. The van der Waals surface area contributed by atoms with Gasteiger partial charge in [-0.05, 0) is 31.5 Å². The van der Waals surface area contributed by atoms with Gasteiger partial charge in [0.1, 0.15) is 5.82 Å². The number of carbonyl (C=O) groups excluding carboxylic acids is 1. The number of ether oxygens (including phenoxy) is 2. The quantitative estimate of drug-likeness (QED) is 0.272. The van der Waals surface area contributed by atoms with Crippen LogP contribution in [-0.4, -0.2) is 36.6 Å². The van der Waals surface area contributed by atoms with E-state index >= 15 is 0 Å². The molecule has 160 valence electrons. The summed E-state index contributed by atoms with van der Waals surface area (Å²) < 4.78 is 20.6. The fourth-order valence-corrected chi connectivity index (χ4v) is 2.10. The highest BCUT2D eigenvalue weighted by molar-refractivity contribution is 6.68. The van der Waals surface area contributed by atoms with Crippen molar-refractivity contribution in [1.82, 2.24) is 9.97 Å². The Morgan fingerprint density at radius 3 is 2.27 bits per heavy atom. The number of alkyl halides is 3. The molecule has 7 nitrogen and oxygen atoms in total. The highest BCUT2D eigenvalue weighted by Crippen LogP contribution is 2.40. The second-order valence-corrected chi connectivity index (χ2v) is 8.79. The zero-order valence-corrected chi connectivity index (χ0v) is 18.0. The Hall–Kier alpha value is -2.42. The van der Waals surface area contributed by atoms with Crippen LogP contribution < -0.4 is 0 Å². The first-order valence-electron chi connectivity index (χ1n) is 8.35. The van der Waals surface area contributed by atoms with Gasteiger partial charge in [0.2, 0.25) is 9.55 Å². The fraction of sp³-hybridized carbons (Fsp3) is 0.263. The molecule has 2 rings (SSSR count). The molecule has 0 aliphatic rings. The van der Waals surface area contributed by atoms with E-state index < -0.39 is 27.3 Å². The van der Waals surface area contributed by atoms with E-state index in [1.807, 2.05) is 0 Å². The van der Waals surface area contributed by atoms with Crippen LogP contribution in [0.5, 0.6) is 0 Å². The van der Waals surface area contributed by atoms with Crippen LogP contribution in [0.15, 0.2) is 42.4 Å². The highest BCUT2D eigenvalue weighted by Gasteiger charge is 2.44.